The fraction of sp³-hybridized carbons (Fsp3) is 0.429. The summed E-state index contributed by atoms with van der Waals surface area (Å²) in [4.78, 5) is 41.7. The monoisotopic (exact) mass is 288 g/mol. The van der Waals surface area contributed by atoms with Crippen molar-refractivity contribution in [3.8, 4) is 0 Å². The van der Waals surface area contributed by atoms with Crippen molar-refractivity contribution in [2.45, 2.75) is 25.3 Å². The molecule has 0 bridgehead atoms. The number of pyridine rings is 1. The zero-order valence-corrected chi connectivity index (χ0v) is 11.7. The summed E-state index contributed by atoms with van der Waals surface area (Å²) in [5.41, 5.74) is 0.197. The quantitative estimate of drug-likeness (QED) is 0.722. The molecule has 1 spiro atoms. The van der Waals surface area contributed by atoms with Gasteiger partial charge in [0.2, 0.25) is 0 Å². The van der Waals surface area contributed by atoms with Crippen LogP contribution < -0.4 is 10.6 Å². The minimum absolute atomic E-state index is 0.159. The molecular formula is C14H16N4O3. The van der Waals surface area contributed by atoms with E-state index in [4.69, 9.17) is 0 Å². The number of likely N-dealkylation sites (tertiary alicyclic amines) is 1. The molecule has 0 saturated carbocycles. The fourth-order valence-electron chi connectivity index (χ4n) is 2.93. The molecule has 1 aromatic rings. The van der Waals surface area contributed by atoms with Crippen LogP contribution in [0.2, 0.25) is 0 Å². The summed E-state index contributed by atoms with van der Waals surface area (Å²) in [5.74, 6) is -0.512. The molecule has 3 rings (SSSR count). The van der Waals surface area contributed by atoms with Crippen LogP contribution in [0.5, 0.6) is 0 Å². The van der Waals surface area contributed by atoms with Gasteiger partial charge in [-0.2, -0.15) is 0 Å². The number of nitrogens with zero attached hydrogens (tertiary/aromatic N) is 2. The molecule has 21 heavy (non-hydrogen) atoms. The molecule has 2 aliphatic heterocycles. The van der Waals surface area contributed by atoms with Crippen LogP contribution in [0, 0.1) is 6.92 Å². The Bertz CT molecular complexity index is 630. The molecule has 4 amide bonds. The van der Waals surface area contributed by atoms with Gasteiger partial charge in [0.05, 0.1) is 12.1 Å². The molecule has 0 aliphatic carbocycles. The molecule has 1 unspecified atom stereocenters. The van der Waals surface area contributed by atoms with Crippen LogP contribution in [0.15, 0.2) is 18.3 Å². The minimum atomic E-state index is -0.985. The number of hydrogen-bond donors (Lipinski definition) is 2. The number of carbonyl (C=O) groups is 3. The Hall–Kier alpha value is -2.44. The predicted octanol–water partition coefficient (Wildman–Crippen LogP) is 0.204. The van der Waals surface area contributed by atoms with Gasteiger partial charge in [-0.1, -0.05) is 0 Å². The lowest BCUT2D eigenvalue weighted by atomic mass is 9.89. The molecule has 2 N–H and O–H groups in total. The number of rotatable bonds is 1. The number of hydrogen-bond acceptors (Lipinski definition) is 4. The van der Waals surface area contributed by atoms with Gasteiger partial charge < -0.3 is 10.2 Å². The molecule has 3 heterocycles. The first kappa shape index (κ1) is 13.5. The maximum absolute atomic E-state index is 12.6. The summed E-state index contributed by atoms with van der Waals surface area (Å²) in [7, 11) is 0. The van der Waals surface area contributed by atoms with Crippen LogP contribution in [0.4, 0.5) is 4.79 Å². The van der Waals surface area contributed by atoms with Crippen LogP contribution in [-0.2, 0) is 4.79 Å². The summed E-state index contributed by atoms with van der Waals surface area (Å²) in [5, 5.41) is 4.91. The standard InChI is InChI=1S/C14H16N4O3/c1-9-10(4-2-6-15-9)11(19)18-7-3-5-14(8-18)12(20)16-13(21)17-14/h2,4,6H,3,5,7-8H2,1H3,(H2,16,17,20,21). The average Bonchev–Trinajstić information content (AvgIpc) is 2.72. The van der Waals surface area contributed by atoms with Crippen LogP contribution >= 0.6 is 0 Å². The van der Waals surface area contributed by atoms with Gasteiger partial charge in [-0.3, -0.25) is 19.9 Å². The van der Waals surface area contributed by atoms with Crippen LogP contribution in [-0.4, -0.2) is 46.4 Å². The van der Waals surface area contributed by atoms with Crippen molar-refractivity contribution in [3.63, 3.8) is 0 Å². The van der Waals surface area contributed by atoms with E-state index in [2.05, 4.69) is 15.6 Å². The number of aromatic nitrogens is 1. The average molecular weight is 288 g/mol. The number of urea groups is 1. The Morgan fingerprint density at radius 2 is 2.24 bits per heavy atom. The van der Waals surface area contributed by atoms with Crippen molar-refractivity contribution in [3.05, 3.63) is 29.6 Å². The molecule has 2 fully saturated rings. The number of carbonyl (C=O) groups excluding carboxylic acids is 3. The molecule has 1 atom stereocenters. The predicted molar refractivity (Wildman–Crippen MR) is 73.5 cm³/mol. The van der Waals surface area contributed by atoms with E-state index < -0.39 is 11.6 Å². The third kappa shape index (κ3) is 2.24. The minimum Gasteiger partial charge on any atom is -0.336 e. The van der Waals surface area contributed by atoms with Crippen molar-refractivity contribution in [2.75, 3.05) is 13.1 Å². The summed E-state index contributed by atoms with van der Waals surface area (Å²) >= 11 is 0. The highest BCUT2D eigenvalue weighted by Crippen LogP contribution is 2.25. The van der Waals surface area contributed by atoms with E-state index in [-0.39, 0.29) is 18.4 Å². The molecule has 0 radical (unpaired) electrons. The second-order valence-corrected chi connectivity index (χ2v) is 5.46. The van der Waals surface area contributed by atoms with E-state index in [1.165, 1.54) is 0 Å². The van der Waals surface area contributed by atoms with Gasteiger partial charge >= 0.3 is 6.03 Å². The highest BCUT2D eigenvalue weighted by Gasteiger charge is 2.49. The smallest absolute Gasteiger partial charge is 0.322 e. The van der Waals surface area contributed by atoms with E-state index >= 15 is 0 Å². The normalized spacial score (nSPS) is 24.9. The number of aryl methyl sites for hydroxylation is 1. The molecule has 0 aromatic carbocycles. The maximum Gasteiger partial charge on any atom is 0.322 e. The van der Waals surface area contributed by atoms with Crippen molar-refractivity contribution < 1.29 is 14.4 Å². The second kappa shape index (κ2) is 4.83. The van der Waals surface area contributed by atoms with Crippen LogP contribution in [0.1, 0.15) is 28.9 Å². The molecule has 7 heteroatoms. The van der Waals surface area contributed by atoms with E-state index in [1.807, 2.05) is 0 Å². The Morgan fingerprint density at radius 3 is 2.90 bits per heavy atom. The lowest BCUT2D eigenvalue weighted by Gasteiger charge is -2.38. The Kier molecular flexibility index (Phi) is 3.12. The van der Waals surface area contributed by atoms with Crippen LogP contribution in [0.25, 0.3) is 0 Å². The van der Waals surface area contributed by atoms with Crippen molar-refractivity contribution in [2.24, 2.45) is 0 Å². The fourth-order valence-corrected chi connectivity index (χ4v) is 2.93. The third-order valence-corrected chi connectivity index (χ3v) is 4.03. The Balaban J connectivity index is 1.84. The number of amides is 4. The molecule has 1 aromatic heterocycles. The Labute approximate surface area is 121 Å². The first-order valence-corrected chi connectivity index (χ1v) is 6.86. The lowest BCUT2D eigenvalue weighted by molar-refractivity contribution is -0.125. The number of nitrogens with one attached hydrogen (secondary N) is 2. The summed E-state index contributed by atoms with van der Waals surface area (Å²) in [6.45, 7) is 2.53. The Morgan fingerprint density at radius 1 is 1.43 bits per heavy atom. The van der Waals surface area contributed by atoms with Gasteiger partial charge in [0.25, 0.3) is 11.8 Å². The van der Waals surface area contributed by atoms with Gasteiger partial charge in [-0.25, -0.2) is 4.79 Å². The summed E-state index contributed by atoms with van der Waals surface area (Å²) < 4.78 is 0. The highest BCUT2D eigenvalue weighted by atomic mass is 16.2. The molecule has 7 nitrogen and oxygen atoms in total. The number of piperidine rings is 1. The molecular weight excluding hydrogens is 272 g/mol. The van der Waals surface area contributed by atoms with E-state index in [0.29, 0.717) is 30.6 Å². The summed E-state index contributed by atoms with van der Waals surface area (Å²) in [6, 6.07) is 2.94. The summed E-state index contributed by atoms with van der Waals surface area (Å²) in [6.07, 6.45) is 2.84. The van der Waals surface area contributed by atoms with Gasteiger partial charge in [-0.15, -0.1) is 0 Å². The van der Waals surface area contributed by atoms with E-state index in [0.717, 1.165) is 0 Å². The molecule has 110 valence electrons. The van der Waals surface area contributed by atoms with E-state index in [9.17, 15) is 14.4 Å². The molecule has 2 aliphatic rings. The lowest BCUT2D eigenvalue weighted by Crippen LogP contribution is -2.59. The van der Waals surface area contributed by atoms with Crippen molar-refractivity contribution in [1.29, 1.82) is 0 Å². The zero-order chi connectivity index (χ0) is 15.0. The first-order chi connectivity index (χ1) is 10.0. The van der Waals surface area contributed by atoms with Crippen molar-refractivity contribution in [1.82, 2.24) is 20.5 Å². The SMILES string of the molecule is Cc1ncccc1C(=O)N1CCCC2(C1)NC(=O)NC2=O. The highest BCUT2D eigenvalue weighted by molar-refractivity contribution is 6.07. The van der Waals surface area contributed by atoms with Gasteiger partial charge in [-0.05, 0) is 31.9 Å². The van der Waals surface area contributed by atoms with Crippen molar-refractivity contribution >= 4 is 17.8 Å². The number of imide groups is 1. The van der Waals surface area contributed by atoms with Gasteiger partial charge in [0.15, 0.2) is 0 Å². The van der Waals surface area contributed by atoms with Gasteiger partial charge in [0.1, 0.15) is 5.54 Å². The first-order valence-electron chi connectivity index (χ1n) is 6.86. The third-order valence-electron chi connectivity index (χ3n) is 4.03. The second-order valence-electron chi connectivity index (χ2n) is 5.46. The van der Waals surface area contributed by atoms with Gasteiger partial charge in [0, 0.05) is 18.4 Å². The topological polar surface area (TPSA) is 91.4 Å². The molecule has 2 saturated heterocycles. The zero-order valence-electron chi connectivity index (χ0n) is 11.7. The largest absolute Gasteiger partial charge is 0.336 e. The van der Waals surface area contributed by atoms with E-state index in [1.54, 1.807) is 30.2 Å². The van der Waals surface area contributed by atoms with Crippen LogP contribution in [0.3, 0.4) is 0 Å². The maximum atomic E-state index is 12.6.